The predicted molar refractivity (Wildman–Crippen MR) is 75.4 cm³/mol. The van der Waals surface area contributed by atoms with Gasteiger partial charge in [-0.1, -0.05) is 57.9 Å². The number of hydrogen-bond acceptors (Lipinski definition) is 2. The molecule has 104 valence electrons. The third-order valence-electron chi connectivity index (χ3n) is 3.37. The number of hydrogen-bond donors (Lipinski definition) is 0. The zero-order chi connectivity index (χ0) is 13.1. The Hall–Kier alpha value is -0.790. The summed E-state index contributed by atoms with van der Waals surface area (Å²) in [5, 5.41) is 0. The van der Waals surface area contributed by atoms with Crippen molar-refractivity contribution in [3.05, 3.63) is 12.2 Å². The van der Waals surface area contributed by atoms with Gasteiger partial charge < -0.3 is 4.74 Å². The molecule has 2 nitrogen and oxygen atoms in total. The Kier molecular flexibility index (Phi) is 8.62. The van der Waals surface area contributed by atoms with E-state index < -0.39 is 0 Å². The Morgan fingerprint density at radius 2 is 1.67 bits per heavy atom. The van der Waals surface area contributed by atoms with Gasteiger partial charge in [-0.2, -0.15) is 0 Å². The van der Waals surface area contributed by atoms with Gasteiger partial charge in [-0.05, 0) is 25.2 Å². The summed E-state index contributed by atoms with van der Waals surface area (Å²) < 4.78 is 5.14. The van der Waals surface area contributed by atoms with Crippen LogP contribution in [0.2, 0.25) is 0 Å². The van der Waals surface area contributed by atoms with Gasteiger partial charge in [0.15, 0.2) is 0 Å². The SMILES string of the molecule is CCCCCCCCCCOC(=O)/C=C/C1CC1. The van der Waals surface area contributed by atoms with Crippen molar-refractivity contribution in [2.75, 3.05) is 6.61 Å². The fraction of sp³-hybridized carbons (Fsp3) is 0.812. The van der Waals surface area contributed by atoms with E-state index in [9.17, 15) is 4.79 Å². The van der Waals surface area contributed by atoms with Crippen LogP contribution in [0.15, 0.2) is 12.2 Å². The molecule has 0 amide bonds. The lowest BCUT2D eigenvalue weighted by Crippen LogP contribution is -2.02. The molecule has 1 aliphatic rings. The average Bonchev–Trinajstić information content (AvgIpc) is 3.18. The van der Waals surface area contributed by atoms with Gasteiger partial charge in [0, 0.05) is 6.08 Å². The van der Waals surface area contributed by atoms with Crippen molar-refractivity contribution >= 4 is 5.97 Å². The van der Waals surface area contributed by atoms with Crippen molar-refractivity contribution in [1.82, 2.24) is 0 Å². The summed E-state index contributed by atoms with van der Waals surface area (Å²) in [6, 6.07) is 0. The summed E-state index contributed by atoms with van der Waals surface area (Å²) in [4.78, 5) is 11.3. The summed E-state index contributed by atoms with van der Waals surface area (Å²) >= 11 is 0. The Morgan fingerprint density at radius 3 is 2.28 bits per heavy atom. The van der Waals surface area contributed by atoms with Crippen molar-refractivity contribution < 1.29 is 9.53 Å². The highest BCUT2D eigenvalue weighted by Crippen LogP contribution is 2.29. The molecular formula is C16H28O2. The van der Waals surface area contributed by atoms with E-state index in [2.05, 4.69) is 6.92 Å². The minimum Gasteiger partial charge on any atom is -0.463 e. The first-order chi connectivity index (χ1) is 8.83. The van der Waals surface area contributed by atoms with Crippen LogP contribution in [0.5, 0.6) is 0 Å². The normalized spacial score (nSPS) is 15.2. The maximum Gasteiger partial charge on any atom is 0.330 e. The van der Waals surface area contributed by atoms with Gasteiger partial charge in [0.25, 0.3) is 0 Å². The highest BCUT2D eigenvalue weighted by Gasteiger charge is 2.17. The molecule has 0 heterocycles. The molecule has 0 atom stereocenters. The smallest absolute Gasteiger partial charge is 0.330 e. The van der Waals surface area contributed by atoms with Gasteiger partial charge in [-0.25, -0.2) is 4.79 Å². The zero-order valence-corrected chi connectivity index (χ0v) is 11.8. The number of unbranched alkanes of at least 4 members (excludes halogenated alkanes) is 7. The van der Waals surface area contributed by atoms with E-state index in [1.165, 1.54) is 57.8 Å². The molecular weight excluding hydrogens is 224 g/mol. The summed E-state index contributed by atoms with van der Waals surface area (Å²) in [5.74, 6) is 0.491. The van der Waals surface area contributed by atoms with Crippen molar-refractivity contribution in [2.24, 2.45) is 5.92 Å². The van der Waals surface area contributed by atoms with Gasteiger partial charge >= 0.3 is 5.97 Å². The molecule has 0 aromatic carbocycles. The number of carbonyl (C=O) groups excluding carboxylic acids is 1. The number of esters is 1. The van der Waals surface area contributed by atoms with Crippen molar-refractivity contribution in [3.63, 3.8) is 0 Å². The number of ether oxygens (including phenoxy) is 1. The largest absolute Gasteiger partial charge is 0.463 e. The molecule has 0 spiro atoms. The van der Waals surface area contributed by atoms with Gasteiger partial charge in [-0.15, -0.1) is 0 Å². The zero-order valence-electron chi connectivity index (χ0n) is 11.8. The number of carbonyl (C=O) groups is 1. The molecule has 18 heavy (non-hydrogen) atoms. The van der Waals surface area contributed by atoms with E-state index in [0.717, 1.165) is 6.42 Å². The lowest BCUT2D eigenvalue weighted by molar-refractivity contribution is -0.137. The molecule has 1 saturated carbocycles. The van der Waals surface area contributed by atoms with E-state index in [-0.39, 0.29) is 5.97 Å². The van der Waals surface area contributed by atoms with Crippen LogP contribution in [-0.2, 0) is 9.53 Å². The first-order valence-electron chi connectivity index (χ1n) is 7.68. The fourth-order valence-electron chi connectivity index (χ4n) is 1.96. The second-order valence-electron chi connectivity index (χ2n) is 5.34. The topological polar surface area (TPSA) is 26.3 Å². The molecule has 0 unspecified atom stereocenters. The van der Waals surface area contributed by atoms with Crippen LogP contribution >= 0.6 is 0 Å². The van der Waals surface area contributed by atoms with Crippen LogP contribution in [0.25, 0.3) is 0 Å². The third kappa shape index (κ3) is 9.26. The lowest BCUT2D eigenvalue weighted by atomic mass is 10.1. The van der Waals surface area contributed by atoms with Crippen molar-refractivity contribution in [1.29, 1.82) is 0 Å². The fourth-order valence-corrected chi connectivity index (χ4v) is 1.96. The van der Waals surface area contributed by atoms with Crippen molar-refractivity contribution in [3.8, 4) is 0 Å². The molecule has 0 aromatic rings. The maximum atomic E-state index is 11.3. The van der Waals surface area contributed by atoms with Crippen molar-refractivity contribution in [2.45, 2.75) is 71.1 Å². The Labute approximate surface area is 112 Å². The number of allylic oxidation sites excluding steroid dienone is 1. The first-order valence-corrected chi connectivity index (χ1v) is 7.68. The summed E-state index contributed by atoms with van der Waals surface area (Å²) in [6.07, 6.45) is 16.3. The summed E-state index contributed by atoms with van der Waals surface area (Å²) in [6.45, 7) is 2.83. The Balaban J connectivity index is 1.78. The molecule has 0 aromatic heterocycles. The second kappa shape index (κ2) is 10.2. The first kappa shape index (κ1) is 15.3. The molecule has 0 bridgehead atoms. The second-order valence-corrected chi connectivity index (χ2v) is 5.34. The van der Waals surface area contributed by atoms with Crippen LogP contribution < -0.4 is 0 Å². The molecule has 1 aliphatic carbocycles. The van der Waals surface area contributed by atoms with Gasteiger partial charge in [0.05, 0.1) is 6.61 Å². The van der Waals surface area contributed by atoms with Gasteiger partial charge in [-0.3, -0.25) is 0 Å². The van der Waals surface area contributed by atoms with E-state index in [1.54, 1.807) is 6.08 Å². The van der Waals surface area contributed by atoms with E-state index in [0.29, 0.717) is 12.5 Å². The quantitative estimate of drug-likeness (QED) is 0.304. The maximum absolute atomic E-state index is 11.3. The summed E-state index contributed by atoms with van der Waals surface area (Å²) in [5.41, 5.74) is 0. The molecule has 0 radical (unpaired) electrons. The molecule has 1 fully saturated rings. The Bertz CT molecular complexity index is 241. The van der Waals surface area contributed by atoms with E-state index in [4.69, 9.17) is 4.74 Å². The number of rotatable bonds is 11. The standard InChI is InChI=1S/C16H28O2/c1-2-3-4-5-6-7-8-9-14-18-16(17)13-12-15-10-11-15/h12-13,15H,2-11,14H2,1H3/b13-12+. The van der Waals surface area contributed by atoms with E-state index >= 15 is 0 Å². The average molecular weight is 252 g/mol. The molecule has 2 heteroatoms. The molecule has 0 N–H and O–H groups in total. The van der Waals surface area contributed by atoms with Crippen LogP contribution in [0.1, 0.15) is 71.1 Å². The van der Waals surface area contributed by atoms with Crippen LogP contribution in [0, 0.1) is 5.92 Å². The monoisotopic (exact) mass is 252 g/mol. The van der Waals surface area contributed by atoms with Crippen LogP contribution in [-0.4, -0.2) is 12.6 Å². The highest BCUT2D eigenvalue weighted by atomic mass is 16.5. The lowest BCUT2D eigenvalue weighted by Gasteiger charge is -2.02. The minimum absolute atomic E-state index is 0.162. The highest BCUT2D eigenvalue weighted by molar-refractivity contribution is 5.81. The molecule has 0 saturated heterocycles. The minimum atomic E-state index is -0.162. The Morgan fingerprint density at radius 1 is 1.06 bits per heavy atom. The van der Waals surface area contributed by atoms with Crippen LogP contribution in [0.4, 0.5) is 0 Å². The molecule has 1 rings (SSSR count). The van der Waals surface area contributed by atoms with Gasteiger partial charge in [0.1, 0.15) is 0 Å². The predicted octanol–water partition coefficient (Wildman–Crippen LogP) is 4.64. The third-order valence-corrected chi connectivity index (χ3v) is 3.37. The molecule has 0 aliphatic heterocycles. The van der Waals surface area contributed by atoms with E-state index in [1.807, 2.05) is 6.08 Å². The summed E-state index contributed by atoms with van der Waals surface area (Å²) in [7, 11) is 0. The van der Waals surface area contributed by atoms with Gasteiger partial charge in [0.2, 0.25) is 0 Å². The van der Waals surface area contributed by atoms with Crippen LogP contribution in [0.3, 0.4) is 0 Å².